The molecule has 0 aliphatic carbocycles. The highest BCUT2D eigenvalue weighted by Gasteiger charge is 2.27. The Morgan fingerprint density at radius 3 is 2.59 bits per heavy atom. The van der Waals surface area contributed by atoms with Crippen molar-refractivity contribution >= 4 is 5.91 Å². The third-order valence-corrected chi connectivity index (χ3v) is 5.31. The predicted molar refractivity (Wildman–Crippen MR) is 107 cm³/mol. The molecule has 0 atom stereocenters. The van der Waals surface area contributed by atoms with E-state index in [-0.39, 0.29) is 18.4 Å². The van der Waals surface area contributed by atoms with Crippen LogP contribution in [-0.4, -0.2) is 40.7 Å². The summed E-state index contributed by atoms with van der Waals surface area (Å²) in [5.74, 6) is 2.44. The van der Waals surface area contributed by atoms with Gasteiger partial charge in [0.15, 0.2) is 6.61 Å². The Bertz CT molecular complexity index is 923. The van der Waals surface area contributed by atoms with Crippen LogP contribution in [0.4, 0.5) is 0 Å². The van der Waals surface area contributed by atoms with E-state index in [2.05, 4.69) is 24.0 Å². The smallest absolute Gasteiger partial charge is 0.260 e. The monoisotopic (exact) mass is 395 g/mol. The Morgan fingerprint density at radius 2 is 1.93 bits per heavy atom. The summed E-state index contributed by atoms with van der Waals surface area (Å²) in [7, 11) is 0. The van der Waals surface area contributed by atoms with Crippen molar-refractivity contribution in [1.82, 2.24) is 15.1 Å². The van der Waals surface area contributed by atoms with E-state index < -0.39 is 0 Å². The lowest BCUT2D eigenvalue weighted by Gasteiger charge is -2.30. The lowest BCUT2D eigenvalue weighted by molar-refractivity contribution is -0.134. The van der Waals surface area contributed by atoms with Crippen LogP contribution >= 0.6 is 0 Å². The average molecular weight is 395 g/mol. The molecule has 7 nitrogen and oxygen atoms in total. The molecule has 7 heteroatoms. The van der Waals surface area contributed by atoms with Crippen LogP contribution in [0.5, 0.6) is 5.75 Å². The van der Waals surface area contributed by atoms with Gasteiger partial charge in [-0.05, 0) is 42.5 Å². The summed E-state index contributed by atoms with van der Waals surface area (Å²) < 4.78 is 16.5. The number of rotatable bonds is 6. The van der Waals surface area contributed by atoms with Crippen molar-refractivity contribution in [3.8, 4) is 17.2 Å². The molecule has 0 saturated carbocycles. The van der Waals surface area contributed by atoms with Gasteiger partial charge >= 0.3 is 0 Å². The van der Waals surface area contributed by atoms with Gasteiger partial charge in [-0.1, -0.05) is 26.0 Å². The molecule has 0 N–H and O–H groups in total. The first-order valence-corrected chi connectivity index (χ1v) is 9.96. The maximum atomic E-state index is 12.5. The SMILES string of the molecule is CC(C)c1ccc(OCC(=O)N2CCC(c3nnc(-c4ccoc4)o3)CC2)cc1. The standard InChI is InChI=1S/C22H25N3O4/c1-15(2)16-3-5-19(6-4-16)28-14-20(26)25-10-7-17(8-11-25)21-23-24-22(29-21)18-9-12-27-13-18/h3-6,9,12-13,15,17H,7-8,10-11,14H2,1-2H3. The molecule has 152 valence electrons. The number of nitrogens with zero attached hydrogens (tertiary/aromatic N) is 3. The zero-order chi connectivity index (χ0) is 20.2. The second kappa shape index (κ2) is 8.51. The largest absolute Gasteiger partial charge is 0.484 e. The maximum absolute atomic E-state index is 12.5. The van der Waals surface area contributed by atoms with E-state index in [9.17, 15) is 4.79 Å². The van der Waals surface area contributed by atoms with Crippen LogP contribution in [0.25, 0.3) is 11.5 Å². The van der Waals surface area contributed by atoms with E-state index in [4.69, 9.17) is 13.6 Å². The lowest BCUT2D eigenvalue weighted by Crippen LogP contribution is -2.40. The summed E-state index contributed by atoms with van der Waals surface area (Å²) in [5.41, 5.74) is 2.03. The van der Waals surface area contributed by atoms with E-state index >= 15 is 0 Å². The predicted octanol–water partition coefficient (Wildman–Crippen LogP) is 4.24. The second-order valence-electron chi connectivity index (χ2n) is 7.62. The number of hydrogen-bond acceptors (Lipinski definition) is 6. The van der Waals surface area contributed by atoms with Crippen LogP contribution in [0.3, 0.4) is 0 Å². The second-order valence-corrected chi connectivity index (χ2v) is 7.62. The number of ether oxygens (including phenoxy) is 1. The molecule has 3 heterocycles. The minimum absolute atomic E-state index is 0.000927. The first kappa shape index (κ1) is 19.2. The molecule has 1 aromatic carbocycles. The molecule has 1 amide bonds. The number of hydrogen-bond donors (Lipinski definition) is 0. The van der Waals surface area contributed by atoms with E-state index in [1.165, 1.54) is 5.56 Å². The molecular weight excluding hydrogens is 370 g/mol. The van der Waals surface area contributed by atoms with Gasteiger partial charge in [-0.2, -0.15) is 0 Å². The highest BCUT2D eigenvalue weighted by atomic mass is 16.5. The van der Waals surface area contributed by atoms with Crippen LogP contribution in [0.2, 0.25) is 0 Å². The minimum atomic E-state index is 0.000927. The molecular formula is C22H25N3O4. The number of carbonyl (C=O) groups is 1. The molecule has 0 spiro atoms. The fraction of sp³-hybridized carbons (Fsp3) is 0.409. The van der Waals surface area contributed by atoms with Gasteiger partial charge in [0, 0.05) is 19.0 Å². The van der Waals surface area contributed by atoms with Crippen molar-refractivity contribution in [2.45, 2.75) is 38.5 Å². The quantitative estimate of drug-likeness (QED) is 0.621. The molecule has 1 saturated heterocycles. The highest BCUT2D eigenvalue weighted by molar-refractivity contribution is 5.77. The van der Waals surface area contributed by atoms with Crippen LogP contribution in [0.15, 0.2) is 51.7 Å². The molecule has 2 aromatic heterocycles. The van der Waals surface area contributed by atoms with Crippen molar-refractivity contribution in [3.05, 3.63) is 54.3 Å². The van der Waals surface area contributed by atoms with Crippen molar-refractivity contribution in [2.24, 2.45) is 0 Å². The Labute approximate surface area is 169 Å². The fourth-order valence-electron chi connectivity index (χ4n) is 3.46. The number of benzene rings is 1. The van der Waals surface area contributed by atoms with Crippen LogP contribution in [0.1, 0.15) is 50.0 Å². The summed E-state index contributed by atoms with van der Waals surface area (Å²) in [6.07, 6.45) is 4.74. The van der Waals surface area contributed by atoms with Crippen molar-refractivity contribution < 1.29 is 18.4 Å². The number of likely N-dealkylation sites (tertiary alicyclic amines) is 1. The Morgan fingerprint density at radius 1 is 1.17 bits per heavy atom. The summed E-state index contributed by atoms with van der Waals surface area (Å²) >= 11 is 0. The van der Waals surface area contributed by atoms with Gasteiger partial charge in [0.1, 0.15) is 12.0 Å². The van der Waals surface area contributed by atoms with Crippen LogP contribution in [0, 0.1) is 0 Å². The molecule has 0 unspecified atom stereocenters. The summed E-state index contributed by atoms with van der Waals surface area (Å²) in [5, 5.41) is 8.27. The van der Waals surface area contributed by atoms with Crippen molar-refractivity contribution in [2.75, 3.05) is 19.7 Å². The third-order valence-electron chi connectivity index (χ3n) is 5.31. The topological polar surface area (TPSA) is 81.6 Å². The summed E-state index contributed by atoms with van der Waals surface area (Å²) in [6, 6.07) is 9.70. The summed E-state index contributed by atoms with van der Waals surface area (Å²) in [6.45, 7) is 5.66. The first-order valence-electron chi connectivity index (χ1n) is 9.96. The Hall–Kier alpha value is -3.09. The summed E-state index contributed by atoms with van der Waals surface area (Å²) in [4.78, 5) is 14.3. The zero-order valence-electron chi connectivity index (χ0n) is 16.7. The maximum Gasteiger partial charge on any atom is 0.260 e. The molecule has 4 rings (SSSR count). The van der Waals surface area contributed by atoms with Crippen LogP contribution in [-0.2, 0) is 4.79 Å². The zero-order valence-corrected chi connectivity index (χ0v) is 16.7. The highest BCUT2D eigenvalue weighted by Crippen LogP contribution is 2.29. The van der Waals surface area contributed by atoms with Gasteiger partial charge < -0.3 is 18.5 Å². The lowest BCUT2D eigenvalue weighted by atomic mass is 9.97. The third kappa shape index (κ3) is 4.50. The average Bonchev–Trinajstić information content (AvgIpc) is 3.44. The minimum Gasteiger partial charge on any atom is -0.484 e. The van der Waals surface area contributed by atoms with Gasteiger partial charge in [-0.15, -0.1) is 10.2 Å². The van der Waals surface area contributed by atoms with E-state index in [0.717, 1.165) is 24.2 Å². The van der Waals surface area contributed by atoms with Crippen LogP contribution < -0.4 is 4.74 Å². The van der Waals surface area contributed by atoms with Crippen molar-refractivity contribution in [3.63, 3.8) is 0 Å². The van der Waals surface area contributed by atoms with Gasteiger partial charge in [-0.25, -0.2) is 0 Å². The molecule has 29 heavy (non-hydrogen) atoms. The normalized spacial score (nSPS) is 15.1. The number of furan rings is 1. The number of carbonyl (C=O) groups excluding carboxylic acids is 1. The van der Waals surface area contributed by atoms with E-state index in [0.29, 0.717) is 30.8 Å². The molecule has 0 radical (unpaired) electrons. The first-order chi connectivity index (χ1) is 14.1. The van der Waals surface area contributed by atoms with Gasteiger partial charge in [-0.3, -0.25) is 4.79 Å². The molecule has 1 aliphatic heterocycles. The number of aromatic nitrogens is 2. The van der Waals surface area contributed by atoms with Gasteiger partial charge in [0.05, 0.1) is 11.8 Å². The van der Waals surface area contributed by atoms with Crippen molar-refractivity contribution in [1.29, 1.82) is 0 Å². The Balaban J connectivity index is 1.26. The van der Waals surface area contributed by atoms with Gasteiger partial charge in [0.2, 0.25) is 5.89 Å². The fourth-order valence-corrected chi connectivity index (χ4v) is 3.46. The number of amides is 1. The Kier molecular flexibility index (Phi) is 5.64. The van der Waals surface area contributed by atoms with Gasteiger partial charge in [0.25, 0.3) is 11.8 Å². The number of piperidine rings is 1. The van der Waals surface area contributed by atoms with E-state index in [1.54, 1.807) is 18.6 Å². The molecule has 0 bridgehead atoms. The molecule has 1 aliphatic rings. The molecule has 3 aromatic rings. The van der Waals surface area contributed by atoms with E-state index in [1.807, 2.05) is 29.2 Å². The molecule has 1 fully saturated rings.